The van der Waals surface area contributed by atoms with E-state index >= 15 is 0 Å². The maximum atomic E-state index is 6.01. The van der Waals surface area contributed by atoms with Gasteiger partial charge in [-0.3, -0.25) is 0 Å². The first-order valence-corrected chi connectivity index (χ1v) is 6.39. The lowest BCUT2D eigenvalue weighted by Gasteiger charge is -2.14. The van der Waals surface area contributed by atoms with Gasteiger partial charge in [-0.2, -0.15) is 0 Å². The molecular formula is C12H14BrN3. The maximum absolute atomic E-state index is 6.01. The Morgan fingerprint density at radius 2 is 2.25 bits per heavy atom. The fourth-order valence-electron chi connectivity index (χ4n) is 2.30. The summed E-state index contributed by atoms with van der Waals surface area (Å²) in [5.41, 5.74) is 8.12. The summed E-state index contributed by atoms with van der Waals surface area (Å²) in [6.07, 6.45) is 2.63. The average Bonchev–Trinajstić information content (AvgIpc) is 3.01. The third-order valence-corrected chi connectivity index (χ3v) is 3.88. The van der Waals surface area contributed by atoms with Gasteiger partial charge in [-0.05, 0) is 43.9 Å². The van der Waals surface area contributed by atoms with E-state index in [-0.39, 0.29) is 0 Å². The van der Waals surface area contributed by atoms with Gasteiger partial charge in [-0.25, -0.2) is 4.98 Å². The highest BCUT2D eigenvalue weighted by atomic mass is 79.9. The lowest BCUT2D eigenvalue weighted by atomic mass is 10.2. The first-order chi connectivity index (χ1) is 7.66. The van der Waals surface area contributed by atoms with Crippen LogP contribution in [0.1, 0.15) is 25.8 Å². The third-order valence-electron chi connectivity index (χ3n) is 3.39. The quantitative estimate of drug-likeness (QED) is 0.916. The van der Waals surface area contributed by atoms with Crippen molar-refractivity contribution < 1.29 is 0 Å². The van der Waals surface area contributed by atoms with Crippen LogP contribution in [0.5, 0.6) is 0 Å². The number of aromatic nitrogens is 2. The summed E-state index contributed by atoms with van der Waals surface area (Å²) in [6.45, 7) is 2.23. The summed E-state index contributed by atoms with van der Waals surface area (Å²) in [5.74, 6) is 1.41. The van der Waals surface area contributed by atoms with Crippen molar-refractivity contribution in [3.8, 4) is 0 Å². The Hall–Kier alpha value is -1.03. The Morgan fingerprint density at radius 3 is 2.94 bits per heavy atom. The number of imidazole rings is 1. The van der Waals surface area contributed by atoms with Crippen LogP contribution < -0.4 is 5.73 Å². The minimum absolute atomic E-state index is 0.458. The Labute approximate surface area is 103 Å². The molecule has 1 aromatic heterocycles. The molecule has 0 aliphatic heterocycles. The zero-order valence-corrected chi connectivity index (χ0v) is 10.7. The van der Waals surface area contributed by atoms with Gasteiger partial charge in [0.2, 0.25) is 5.95 Å². The van der Waals surface area contributed by atoms with Crippen molar-refractivity contribution in [3.63, 3.8) is 0 Å². The summed E-state index contributed by atoms with van der Waals surface area (Å²) in [4.78, 5) is 4.41. The molecule has 1 saturated carbocycles. The standard InChI is InChI=1S/C12H14BrN3/c1-7(8-2-3-8)16-11-6-9(13)4-5-10(11)15-12(16)14/h4-8H,2-3H2,1H3,(H2,14,15). The summed E-state index contributed by atoms with van der Waals surface area (Å²) >= 11 is 3.50. The van der Waals surface area contributed by atoms with E-state index in [0.717, 1.165) is 21.4 Å². The van der Waals surface area contributed by atoms with E-state index in [1.54, 1.807) is 0 Å². The number of hydrogen-bond donors (Lipinski definition) is 1. The Kier molecular flexibility index (Phi) is 2.21. The molecule has 4 heteroatoms. The number of halogens is 1. The van der Waals surface area contributed by atoms with Crippen molar-refractivity contribution in [2.45, 2.75) is 25.8 Å². The van der Waals surface area contributed by atoms with Crippen LogP contribution in [0.2, 0.25) is 0 Å². The molecule has 1 aromatic carbocycles. The first kappa shape index (κ1) is 10.1. The summed E-state index contributed by atoms with van der Waals surface area (Å²) in [5, 5.41) is 0. The van der Waals surface area contributed by atoms with Gasteiger partial charge in [0.25, 0.3) is 0 Å². The molecule has 0 bridgehead atoms. The van der Waals surface area contributed by atoms with Crippen LogP contribution in [-0.2, 0) is 0 Å². The van der Waals surface area contributed by atoms with E-state index in [1.165, 1.54) is 12.8 Å². The average molecular weight is 280 g/mol. The second-order valence-corrected chi connectivity index (χ2v) is 5.47. The van der Waals surface area contributed by atoms with Crippen molar-refractivity contribution in [2.75, 3.05) is 5.73 Å². The molecule has 1 unspecified atom stereocenters. The molecule has 1 aliphatic carbocycles. The van der Waals surface area contributed by atoms with Crippen LogP contribution in [-0.4, -0.2) is 9.55 Å². The number of nitrogens with zero attached hydrogens (tertiary/aromatic N) is 2. The molecule has 16 heavy (non-hydrogen) atoms. The molecule has 84 valence electrons. The lowest BCUT2D eigenvalue weighted by Crippen LogP contribution is -2.10. The van der Waals surface area contributed by atoms with E-state index in [1.807, 2.05) is 12.1 Å². The van der Waals surface area contributed by atoms with Gasteiger partial charge in [0.15, 0.2) is 0 Å². The highest BCUT2D eigenvalue weighted by Crippen LogP contribution is 2.41. The number of anilines is 1. The molecule has 0 radical (unpaired) electrons. The van der Waals surface area contributed by atoms with Crippen LogP contribution in [0.25, 0.3) is 11.0 Å². The Bertz CT molecular complexity index is 542. The van der Waals surface area contributed by atoms with E-state index in [4.69, 9.17) is 5.73 Å². The lowest BCUT2D eigenvalue weighted by molar-refractivity contribution is 0.504. The fraction of sp³-hybridized carbons (Fsp3) is 0.417. The zero-order chi connectivity index (χ0) is 11.3. The molecule has 3 nitrogen and oxygen atoms in total. The van der Waals surface area contributed by atoms with Gasteiger partial charge < -0.3 is 10.3 Å². The SMILES string of the molecule is CC(C1CC1)n1c(N)nc2ccc(Br)cc21. The van der Waals surface area contributed by atoms with Crippen LogP contribution in [0.3, 0.4) is 0 Å². The Morgan fingerprint density at radius 1 is 1.50 bits per heavy atom. The van der Waals surface area contributed by atoms with Crippen molar-refractivity contribution in [1.82, 2.24) is 9.55 Å². The largest absolute Gasteiger partial charge is 0.369 e. The van der Waals surface area contributed by atoms with Crippen LogP contribution in [0, 0.1) is 5.92 Å². The maximum Gasteiger partial charge on any atom is 0.201 e. The third kappa shape index (κ3) is 1.52. The van der Waals surface area contributed by atoms with E-state index in [0.29, 0.717) is 12.0 Å². The van der Waals surface area contributed by atoms with Crippen molar-refractivity contribution in [1.29, 1.82) is 0 Å². The van der Waals surface area contributed by atoms with Gasteiger partial charge >= 0.3 is 0 Å². The van der Waals surface area contributed by atoms with Crippen molar-refractivity contribution >= 4 is 32.9 Å². The number of nitrogens with two attached hydrogens (primary N) is 1. The number of fused-ring (bicyclic) bond motifs is 1. The zero-order valence-electron chi connectivity index (χ0n) is 9.15. The molecule has 3 rings (SSSR count). The van der Waals surface area contributed by atoms with Crippen molar-refractivity contribution in [3.05, 3.63) is 22.7 Å². The van der Waals surface area contributed by atoms with Crippen molar-refractivity contribution in [2.24, 2.45) is 5.92 Å². The predicted octanol–water partition coefficient (Wildman–Crippen LogP) is 3.35. The van der Waals surface area contributed by atoms with E-state index in [2.05, 4.69) is 38.5 Å². The minimum atomic E-state index is 0.458. The summed E-state index contributed by atoms with van der Waals surface area (Å²) < 4.78 is 3.24. The van der Waals surface area contributed by atoms with E-state index < -0.39 is 0 Å². The number of rotatable bonds is 2. The minimum Gasteiger partial charge on any atom is -0.369 e. The second kappa shape index (κ2) is 3.48. The molecule has 0 spiro atoms. The number of hydrogen-bond acceptors (Lipinski definition) is 2. The molecule has 1 aliphatic rings. The fourth-order valence-corrected chi connectivity index (χ4v) is 2.65. The highest BCUT2D eigenvalue weighted by molar-refractivity contribution is 9.10. The summed E-state index contributed by atoms with van der Waals surface area (Å²) in [7, 11) is 0. The topological polar surface area (TPSA) is 43.8 Å². The van der Waals surface area contributed by atoms with Gasteiger partial charge in [-0.1, -0.05) is 15.9 Å². The molecule has 0 saturated heterocycles. The molecule has 1 heterocycles. The smallest absolute Gasteiger partial charge is 0.201 e. The highest BCUT2D eigenvalue weighted by Gasteiger charge is 2.31. The van der Waals surface area contributed by atoms with Gasteiger partial charge in [0, 0.05) is 10.5 Å². The van der Waals surface area contributed by atoms with Gasteiger partial charge in [0.1, 0.15) is 0 Å². The van der Waals surface area contributed by atoms with Gasteiger partial charge in [0.05, 0.1) is 11.0 Å². The first-order valence-electron chi connectivity index (χ1n) is 5.60. The number of nitrogen functional groups attached to an aromatic ring is 1. The van der Waals surface area contributed by atoms with Gasteiger partial charge in [-0.15, -0.1) is 0 Å². The monoisotopic (exact) mass is 279 g/mol. The second-order valence-electron chi connectivity index (χ2n) is 4.55. The predicted molar refractivity (Wildman–Crippen MR) is 69.3 cm³/mol. The molecule has 1 atom stereocenters. The number of benzene rings is 1. The molecule has 2 aromatic rings. The normalized spacial score (nSPS) is 17.9. The van der Waals surface area contributed by atoms with Crippen LogP contribution >= 0.6 is 15.9 Å². The summed E-state index contributed by atoms with van der Waals surface area (Å²) in [6, 6.07) is 6.56. The molecular weight excluding hydrogens is 266 g/mol. The molecule has 1 fully saturated rings. The Balaban J connectivity index is 2.20. The van der Waals surface area contributed by atoms with E-state index in [9.17, 15) is 0 Å². The molecule has 0 amide bonds. The van der Waals surface area contributed by atoms with Crippen LogP contribution in [0.15, 0.2) is 22.7 Å². The van der Waals surface area contributed by atoms with Crippen LogP contribution in [0.4, 0.5) is 5.95 Å². The molecule has 2 N–H and O–H groups in total.